The Morgan fingerprint density at radius 1 is 1.09 bits per heavy atom. The zero-order valence-corrected chi connectivity index (χ0v) is 17.2. The second-order valence-electron chi connectivity index (χ2n) is 7.21. The zero-order valence-electron chi connectivity index (χ0n) is 17.2. The number of carbonyl (C=O) groups excluding carboxylic acids is 1. The van der Waals surface area contributed by atoms with Gasteiger partial charge in [-0.2, -0.15) is 0 Å². The number of rotatable bonds is 8. The van der Waals surface area contributed by atoms with Crippen molar-refractivity contribution in [1.82, 2.24) is 19.9 Å². The van der Waals surface area contributed by atoms with Gasteiger partial charge in [-0.15, -0.1) is 0 Å². The highest BCUT2D eigenvalue weighted by atomic mass is 16.5. The van der Waals surface area contributed by atoms with Gasteiger partial charge in [0.05, 0.1) is 18.1 Å². The van der Waals surface area contributed by atoms with Crippen molar-refractivity contribution in [3.63, 3.8) is 0 Å². The van der Waals surface area contributed by atoms with Crippen molar-refractivity contribution in [2.24, 2.45) is 0 Å². The third-order valence-electron chi connectivity index (χ3n) is 4.89. The Hall–Kier alpha value is -3.95. The monoisotopic (exact) mass is 433 g/mol. The Bertz CT molecular complexity index is 1210. The molecule has 9 heteroatoms. The molecule has 2 heterocycles. The fraction of sp³-hybridized carbons (Fsp3) is 0.174. The number of hydrogen-bond acceptors (Lipinski definition) is 7. The first kappa shape index (κ1) is 21.3. The molecule has 0 aliphatic heterocycles. The van der Waals surface area contributed by atoms with Crippen LogP contribution in [0.25, 0.3) is 22.2 Å². The first-order valence-electron chi connectivity index (χ1n) is 10.0. The highest BCUT2D eigenvalue weighted by Gasteiger charge is 2.17. The average Bonchev–Trinajstić information content (AvgIpc) is 3.18. The number of aliphatic hydroxyl groups excluding tert-OH is 2. The smallest absolute Gasteiger partial charge is 0.240 e. The molecule has 0 aliphatic rings. The number of amides is 1. The predicted molar refractivity (Wildman–Crippen MR) is 120 cm³/mol. The molecule has 0 fully saturated rings. The summed E-state index contributed by atoms with van der Waals surface area (Å²) in [4.78, 5) is 20.7. The SMILES string of the molecule is Nc1ncnc2c1c(-c1ccc(Oc3ccccc3)cc1)cn2CC(=O)NC[C@H](O)CO. The van der Waals surface area contributed by atoms with E-state index < -0.39 is 12.7 Å². The quantitative estimate of drug-likeness (QED) is 0.333. The Morgan fingerprint density at radius 2 is 1.81 bits per heavy atom. The van der Waals surface area contributed by atoms with Gasteiger partial charge in [0, 0.05) is 18.3 Å². The number of nitrogens with two attached hydrogens (primary N) is 1. The first-order valence-corrected chi connectivity index (χ1v) is 10.0. The molecule has 0 bridgehead atoms. The predicted octanol–water partition coefficient (Wildman–Crippen LogP) is 1.94. The van der Waals surface area contributed by atoms with E-state index in [1.165, 1.54) is 6.33 Å². The second kappa shape index (κ2) is 9.46. The van der Waals surface area contributed by atoms with Gasteiger partial charge in [0.2, 0.25) is 5.91 Å². The lowest BCUT2D eigenvalue weighted by Crippen LogP contribution is -2.35. The molecule has 4 rings (SSSR count). The standard InChI is InChI=1S/C23H23N5O4/c24-22-21-19(15-6-8-18(9-7-15)32-17-4-2-1-3-5-17)11-28(23(21)27-14-26-22)12-20(31)25-10-16(30)13-29/h1-9,11,14,16,29-30H,10,12-13H2,(H,25,31)(H2,24,26,27)/t16-/m0/s1. The number of anilines is 1. The van der Waals surface area contributed by atoms with E-state index in [0.29, 0.717) is 22.6 Å². The van der Waals surface area contributed by atoms with Crippen molar-refractivity contribution in [3.05, 3.63) is 67.1 Å². The highest BCUT2D eigenvalue weighted by molar-refractivity contribution is 6.01. The fourth-order valence-corrected chi connectivity index (χ4v) is 3.32. The summed E-state index contributed by atoms with van der Waals surface area (Å²) in [6.45, 7) is -0.494. The van der Waals surface area contributed by atoms with E-state index in [1.807, 2.05) is 54.6 Å². The maximum atomic E-state index is 12.3. The molecule has 1 amide bonds. The fourth-order valence-electron chi connectivity index (χ4n) is 3.32. The van der Waals surface area contributed by atoms with Crippen LogP contribution in [0.4, 0.5) is 5.82 Å². The number of aliphatic hydroxyl groups is 2. The molecule has 0 saturated heterocycles. The summed E-state index contributed by atoms with van der Waals surface area (Å²) in [5.74, 6) is 1.41. The van der Waals surface area contributed by atoms with Gasteiger partial charge >= 0.3 is 0 Å². The Morgan fingerprint density at radius 3 is 2.53 bits per heavy atom. The van der Waals surface area contributed by atoms with E-state index in [4.69, 9.17) is 15.6 Å². The molecule has 2 aromatic carbocycles. The molecule has 0 radical (unpaired) electrons. The van der Waals surface area contributed by atoms with Gasteiger partial charge in [-0.25, -0.2) is 9.97 Å². The molecule has 164 valence electrons. The van der Waals surface area contributed by atoms with E-state index in [9.17, 15) is 9.90 Å². The summed E-state index contributed by atoms with van der Waals surface area (Å²) >= 11 is 0. The van der Waals surface area contributed by atoms with Gasteiger partial charge in [0.1, 0.15) is 35.8 Å². The topological polar surface area (TPSA) is 136 Å². The molecule has 0 saturated carbocycles. The number of nitrogens with one attached hydrogen (secondary N) is 1. The van der Waals surface area contributed by atoms with Crippen LogP contribution in [0.2, 0.25) is 0 Å². The van der Waals surface area contributed by atoms with Gasteiger partial charge in [-0.3, -0.25) is 4.79 Å². The molecule has 32 heavy (non-hydrogen) atoms. The van der Waals surface area contributed by atoms with Crippen molar-refractivity contribution < 1.29 is 19.7 Å². The van der Waals surface area contributed by atoms with Crippen molar-refractivity contribution in [3.8, 4) is 22.6 Å². The zero-order chi connectivity index (χ0) is 22.5. The second-order valence-corrected chi connectivity index (χ2v) is 7.21. The largest absolute Gasteiger partial charge is 0.457 e. The van der Waals surface area contributed by atoms with E-state index in [2.05, 4.69) is 15.3 Å². The Balaban J connectivity index is 1.60. The summed E-state index contributed by atoms with van der Waals surface area (Å²) in [5, 5.41) is 21.6. The van der Waals surface area contributed by atoms with E-state index in [1.54, 1.807) is 10.8 Å². The number of aromatic nitrogens is 3. The van der Waals surface area contributed by atoms with Gasteiger partial charge in [-0.05, 0) is 29.8 Å². The van der Waals surface area contributed by atoms with E-state index in [-0.39, 0.29) is 19.0 Å². The van der Waals surface area contributed by atoms with Crippen LogP contribution >= 0.6 is 0 Å². The third kappa shape index (κ3) is 4.69. The number of para-hydroxylation sites is 1. The number of ether oxygens (including phenoxy) is 1. The van der Waals surface area contributed by atoms with Crippen LogP contribution in [0.15, 0.2) is 67.1 Å². The summed E-state index contributed by atoms with van der Waals surface area (Å²) < 4.78 is 7.53. The minimum atomic E-state index is -1.01. The Labute approximate surface area is 184 Å². The lowest BCUT2D eigenvalue weighted by molar-refractivity contribution is -0.122. The van der Waals surface area contributed by atoms with Gasteiger partial charge in [0.15, 0.2) is 0 Å². The highest BCUT2D eigenvalue weighted by Crippen LogP contribution is 2.34. The van der Waals surface area contributed by atoms with Gasteiger partial charge < -0.3 is 30.6 Å². The molecule has 9 nitrogen and oxygen atoms in total. The third-order valence-corrected chi connectivity index (χ3v) is 4.89. The van der Waals surface area contributed by atoms with Crippen LogP contribution in [0.3, 0.4) is 0 Å². The van der Waals surface area contributed by atoms with Crippen molar-refractivity contribution in [2.75, 3.05) is 18.9 Å². The minimum Gasteiger partial charge on any atom is -0.457 e. The summed E-state index contributed by atoms with van der Waals surface area (Å²) in [5.41, 5.74) is 8.31. The molecule has 4 aromatic rings. The number of carbonyl (C=O) groups is 1. The maximum absolute atomic E-state index is 12.3. The lowest BCUT2D eigenvalue weighted by atomic mass is 10.1. The van der Waals surface area contributed by atoms with Gasteiger partial charge in [0.25, 0.3) is 0 Å². The van der Waals surface area contributed by atoms with Crippen molar-refractivity contribution >= 4 is 22.8 Å². The number of nitrogen functional groups attached to an aromatic ring is 1. The van der Waals surface area contributed by atoms with E-state index in [0.717, 1.165) is 16.9 Å². The first-order chi connectivity index (χ1) is 15.5. The number of benzene rings is 2. The molecule has 5 N–H and O–H groups in total. The van der Waals surface area contributed by atoms with E-state index >= 15 is 0 Å². The lowest BCUT2D eigenvalue weighted by Gasteiger charge is -2.09. The Kier molecular flexibility index (Phi) is 6.29. The minimum absolute atomic E-state index is 0.0275. The summed E-state index contributed by atoms with van der Waals surface area (Å²) in [7, 11) is 0. The molecule has 1 atom stereocenters. The maximum Gasteiger partial charge on any atom is 0.240 e. The van der Waals surface area contributed by atoms with Crippen molar-refractivity contribution in [2.45, 2.75) is 12.6 Å². The molecule has 0 aliphatic carbocycles. The van der Waals surface area contributed by atoms with Crippen LogP contribution in [-0.2, 0) is 11.3 Å². The normalized spacial score (nSPS) is 11.9. The number of nitrogens with zero attached hydrogens (tertiary/aromatic N) is 3. The van der Waals surface area contributed by atoms with Crippen LogP contribution in [0.1, 0.15) is 0 Å². The van der Waals surface area contributed by atoms with Crippen LogP contribution in [0.5, 0.6) is 11.5 Å². The van der Waals surface area contributed by atoms with Crippen molar-refractivity contribution in [1.29, 1.82) is 0 Å². The molecule has 0 spiro atoms. The van der Waals surface area contributed by atoms with Crippen LogP contribution < -0.4 is 15.8 Å². The number of hydrogen-bond donors (Lipinski definition) is 4. The van der Waals surface area contributed by atoms with Crippen LogP contribution in [-0.4, -0.2) is 49.9 Å². The van der Waals surface area contributed by atoms with Gasteiger partial charge in [-0.1, -0.05) is 30.3 Å². The molecular weight excluding hydrogens is 410 g/mol. The molecule has 0 unspecified atom stereocenters. The summed E-state index contributed by atoms with van der Waals surface area (Å²) in [6.07, 6.45) is 2.14. The molecule has 2 aromatic heterocycles. The van der Waals surface area contributed by atoms with Crippen LogP contribution in [0, 0.1) is 0 Å². The average molecular weight is 433 g/mol. The summed E-state index contributed by atoms with van der Waals surface area (Å²) in [6, 6.07) is 17.0. The number of fused-ring (bicyclic) bond motifs is 1. The molecular formula is C23H23N5O4.